The van der Waals surface area contributed by atoms with Crippen molar-refractivity contribution in [2.45, 2.75) is 20.3 Å². The van der Waals surface area contributed by atoms with E-state index in [1.807, 2.05) is 6.92 Å². The van der Waals surface area contributed by atoms with Gasteiger partial charge in [0, 0.05) is 26.1 Å². The van der Waals surface area contributed by atoms with Gasteiger partial charge in [0.25, 0.3) is 5.91 Å². The van der Waals surface area contributed by atoms with E-state index in [-0.39, 0.29) is 24.1 Å². The van der Waals surface area contributed by atoms with E-state index in [0.717, 1.165) is 0 Å². The van der Waals surface area contributed by atoms with Crippen molar-refractivity contribution in [2.75, 3.05) is 29.5 Å². The molecular formula is C16H19FN2O3. The lowest BCUT2D eigenvalue weighted by molar-refractivity contribution is -0.121. The van der Waals surface area contributed by atoms with Crippen LogP contribution in [0.15, 0.2) is 24.8 Å². The molecule has 1 aromatic carbocycles. The van der Waals surface area contributed by atoms with E-state index in [4.69, 9.17) is 4.74 Å². The second-order valence-electron chi connectivity index (χ2n) is 5.02. The molecule has 1 aliphatic rings. The fourth-order valence-electron chi connectivity index (χ4n) is 2.42. The van der Waals surface area contributed by atoms with Crippen LogP contribution in [0.1, 0.15) is 20.3 Å². The molecule has 0 fully saturated rings. The number of halogens is 1. The topological polar surface area (TPSA) is 49.9 Å². The molecule has 5 nitrogen and oxygen atoms in total. The number of anilines is 2. The number of nitrogens with zero attached hydrogens (tertiary/aromatic N) is 2. The summed E-state index contributed by atoms with van der Waals surface area (Å²) in [5.74, 6) is -0.730. The number of hydrogen-bond acceptors (Lipinski definition) is 3. The summed E-state index contributed by atoms with van der Waals surface area (Å²) < 4.78 is 19.6. The van der Waals surface area contributed by atoms with Gasteiger partial charge in [0.2, 0.25) is 5.91 Å². The van der Waals surface area contributed by atoms with Crippen LogP contribution in [0.2, 0.25) is 0 Å². The predicted octanol–water partition coefficient (Wildman–Crippen LogP) is 2.50. The van der Waals surface area contributed by atoms with E-state index in [0.29, 0.717) is 30.9 Å². The van der Waals surface area contributed by atoms with Crippen molar-refractivity contribution in [3.63, 3.8) is 0 Å². The van der Waals surface area contributed by atoms with E-state index in [1.165, 1.54) is 28.9 Å². The predicted molar refractivity (Wildman–Crippen MR) is 82.8 cm³/mol. The highest BCUT2D eigenvalue weighted by Crippen LogP contribution is 2.37. The van der Waals surface area contributed by atoms with Crippen LogP contribution in [0.5, 0.6) is 5.75 Å². The maximum absolute atomic E-state index is 14.3. The van der Waals surface area contributed by atoms with Gasteiger partial charge in [-0.3, -0.25) is 9.59 Å². The van der Waals surface area contributed by atoms with Gasteiger partial charge in [-0.05, 0) is 12.5 Å². The van der Waals surface area contributed by atoms with E-state index >= 15 is 0 Å². The normalized spacial score (nSPS) is 13.4. The van der Waals surface area contributed by atoms with Crippen molar-refractivity contribution in [2.24, 2.45) is 0 Å². The molecule has 22 heavy (non-hydrogen) atoms. The van der Waals surface area contributed by atoms with Gasteiger partial charge in [0.15, 0.2) is 12.4 Å². The average Bonchev–Trinajstić information content (AvgIpc) is 2.47. The number of amides is 2. The number of carbonyl (C=O) groups excluding carboxylic acids is 2. The Morgan fingerprint density at radius 1 is 1.55 bits per heavy atom. The molecule has 0 radical (unpaired) electrons. The van der Waals surface area contributed by atoms with E-state index in [9.17, 15) is 14.0 Å². The summed E-state index contributed by atoms with van der Waals surface area (Å²) in [5.41, 5.74) is 0.607. The first-order valence-corrected chi connectivity index (χ1v) is 7.15. The van der Waals surface area contributed by atoms with Crippen molar-refractivity contribution in [3.8, 4) is 5.75 Å². The zero-order valence-corrected chi connectivity index (χ0v) is 12.8. The summed E-state index contributed by atoms with van der Waals surface area (Å²) in [5, 5.41) is 0. The lowest BCUT2D eigenvalue weighted by Crippen LogP contribution is -2.39. The Morgan fingerprint density at radius 2 is 2.27 bits per heavy atom. The highest BCUT2D eigenvalue weighted by atomic mass is 19.1. The number of benzene rings is 1. The Balaban J connectivity index is 2.52. The van der Waals surface area contributed by atoms with Gasteiger partial charge < -0.3 is 14.5 Å². The molecule has 0 unspecified atom stereocenters. The maximum Gasteiger partial charge on any atom is 0.265 e. The Kier molecular flexibility index (Phi) is 4.80. The highest BCUT2D eigenvalue weighted by Gasteiger charge is 2.28. The second-order valence-corrected chi connectivity index (χ2v) is 5.02. The molecule has 1 aromatic rings. The fourth-order valence-corrected chi connectivity index (χ4v) is 2.42. The molecule has 0 atom stereocenters. The van der Waals surface area contributed by atoms with Gasteiger partial charge >= 0.3 is 0 Å². The van der Waals surface area contributed by atoms with Crippen molar-refractivity contribution in [1.29, 1.82) is 0 Å². The molecule has 2 rings (SSSR count). The molecule has 0 saturated heterocycles. The minimum absolute atomic E-state index is 0.134. The monoisotopic (exact) mass is 306 g/mol. The SMILES string of the molecule is C=CCN1C(=O)COc2cc(F)c(N(CCC)C(C)=O)cc21. The zero-order chi connectivity index (χ0) is 16.3. The summed E-state index contributed by atoms with van der Waals surface area (Å²) in [6.07, 6.45) is 2.28. The first-order valence-electron chi connectivity index (χ1n) is 7.15. The van der Waals surface area contributed by atoms with Gasteiger partial charge in [-0.2, -0.15) is 0 Å². The molecule has 118 valence electrons. The lowest BCUT2D eigenvalue weighted by atomic mass is 10.1. The Labute approximate surface area is 129 Å². The third kappa shape index (κ3) is 2.95. The van der Waals surface area contributed by atoms with Gasteiger partial charge in [0.1, 0.15) is 5.75 Å². The van der Waals surface area contributed by atoms with Crippen molar-refractivity contribution in [3.05, 3.63) is 30.6 Å². The minimum Gasteiger partial charge on any atom is -0.481 e. The van der Waals surface area contributed by atoms with E-state index in [2.05, 4.69) is 6.58 Å². The molecule has 6 heteroatoms. The average molecular weight is 306 g/mol. The maximum atomic E-state index is 14.3. The van der Waals surface area contributed by atoms with Crippen LogP contribution in [0, 0.1) is 5.82 Å². The van der Waals surface area contributed by atoms with Gasteiger partial charge in [-0.15, -0.1) is 6.58 Å². The molecule has 0 aliphatic carbocycles. The van der Waals surface area contributed by atoms with Crippen LogP contribution in [0.4, 0.5) is 15.8 Å². The summed E-state index contributed by atoms with van der Waals surface area (Å²) >= 11 is 0. The molecule has 0 N–H and O–H groups in total. The number of ether oxygens (including phenoxy) is 1. The summed E-state index contributed by atoms with van der Waals surface area (Å²) in [6.45, 7) is 7.48. The van der Waals surface area contributed by atoms with Crippen LogP contribution in [-0.2, 0) is 9.59 Å². The van der Waals surface area contributed by atoms with Crippen molar-refractivity contribution < 1.29 is 18.7 Å². The molecule has 1 aliphatic heterocycles. The summed E-state index contributed by atoms with van der Waals surface area (Å²) in [4.78, 5) is 26.5. The van der Waals surface area contributed by atoms with E-state index < -0.39 is 5.82 Å². The zero-order valence-electron chi connectivity index (χ0n) is 12.8. The summed E-state index contributed by atoms with van der Waals surface area (Å²) in [6, 6.07) is 2.71. The Hall–Kier alpha value is -2.37. The molecule has 2 amide bonds. The van der Waals surface area contributed by atoms with Crippen LogP contribution >= 0.6 is 0 Å². The van der Waals surface area contributed by atoms with Gasteiger partial charge in [0.05, 0.1) is 11.4 Å². The number of carbonyl (C=O) groups is 2. The van der Waals surface area contributed by atoms with Crippen LogP contribution in [0.25, 0.3) is 0 Å². The number of fused-ring (bicyclic) bond motifs is 1. The fraction of sp³-hybridized carbons (Fsp3) is 0.375. The van der Waals surface area contributed by atoms with Crippen molar-refractivity contribution >= 4 is 23.2 Å². The first kappa shape index (κ1) is 16.0. The van der Waals surface area contributed by atoms with Crippen LogP contribution in [-0.4, -0.2) is 31.5 Å². The van der Waals surface area contributed by atoms with Gasteiger partial charge in [-0.1, -0.05) is 13.0 Å². The van der Waals surface area contributed by atoms with E-state index in [1.54, 1.807) is 6.08 Å². The van der Waals surface area contributed by atoms with Gasteiger partial charge in [-0.25, -0.2) is 4.39 Å². The van der Waals surface area contributed by atoms with Crippen LogP contribution in [0.3, 0.4) is 0 Å². The third-order valence-corrected chi connectivity index (χ3v) is 3.40. The molecule has 0 bridgehead atoms. The Bertz CT molecular complexity index is 616. The molecule has 0 spiro atoms. The highest BCUT2D eigenvalue weighted by molar-refractivity contribution is 6.00. The quantitative estimate of drug-likeness (QED) is 0.785. The summed E-state index contributed by atoms with van der Waals surface area (Å²) in [7, 11) is 0. The molecule has 0 aromatic heterocycles. The Morgan fingerprint density at radius 3 is 2.86 bits per heavy atom. The standard InChI is InChI=1S/C16H19FN2O3/c1-4-6-18(11(3)20)13-9-14-15(8-12(13)17)22-10-16(21)19(14)7-5-2/h5,8-9H,2,4,6-7,10H2,1,3H3. The first-order chi connectivity index (χ1) is 10.5. The lowest BCUT2D eigenvalue weighted by Gasteiger charge is -2.30. The number of hydrogen-bond donors (Lipinski definition) is 0. The molecule has 0 saturated carbocycles. The van der Waals surface area contributed by atoms with Crippen molar-refractivity contribution in [1.82, 2.24) is 0 Å². The smallest absolute Gasteiger partial charge is 0.265 e. The molecular weight excluding hydrogens is 287 g/mol. The number of rotatable bonds is 5. The molecule has 1 heterocycles. The van der Waals surface area contributed by atoms with Crippen LogP contribution < -0.4 is 14.5 Å². The third-order valence-electron chi connectivity index (χ3n) is 3.40. The largest absolute Gasteiger partial charge is 0.481 e. The second kappa shape index (κ2) is 6.60. The minimum atomic E-state index is -0.546.